The summed E-state index contributed by atoms with van der Waals surface area (Å²) < 4.78 is 0. The maximum Gasteiger partial charge on any atom is 0.104 e. The summed E-state index contributed by atoms with van der Waals surface area (Å²) in [7, 11) is 2.15. The number of aryl methyl sites for hydroxylation is 1. The zero-order valence-corrected chi connectivity index (χ0v) is 11.3. The topological polar surface area (TPSA) is 53.0 Å². The van der Waals surface area contributed by atoms with Crippen molar-refractivity contribution in [3.05, 3.63) is 17.0 Å². The van der Waals surface area contributed by atoms with E-state index < -0.39 is 5.54 Å². The van der Waals surface area contributed by atoms with Crippen LogP contribution >= 0.6 is 11.3 Å². The van der Waals surface area contributed by atoms with Gasteiger partial charge in [-0.2, -0.15) is 5.26 Å². The molecule has 0 bridgehead atoms. The molecule has 0 atom stereocenters. The van der Waals surface area contributed by atoms with Crippen LogP contribution < -0.4 is 10.6 Å². The molecule has 1 fully saturated rings. The average molecular weight is 249 g/mol. The monoisotopic (exact) mass is 249 g/mol. The van der Waals surface area contributed by atoms with Crippen LogP contribution in [0.5, 0.6) is 0 Å². The van der Waals surface area contributed by atoms with Crippen LogP contribution in [-0.2, 0) is 0 Å². The fraction of sp³-hybridized carbons (Fsp3) is 0.615. The third-order valence-electron chi connectivity index (χ3n) is 3.77. The van der Waals surface area contributed by atoms with Gasteiger partial charge in [0.15, 0.2) is 0 Å². The molecule has 17 heavy (non-hydrogen) atoms. The second-order valence-electron chi connectivity index (χ2n) is 5.02. The third-order valence-corrected chi connectivity index (χ3v) is 4.88. The van der Waals surface area contributed by atoms with Gasteiger partial charge in [0.25, 0.3) is 0 Å². The normalized spacial score (nSPS) is 28.7. The number of nitrogens with two attached hydrogens (primary N) is 1. The molecule has 0 unspecified atom stereocenters. The fourth-order valence-corrected chi connectivity index (χ4v) is 3.48. The first-order valence-electron chi connectivity index (χ1n) is 6.03. The van der Waals surface area contributed by atoms with Gasteiger partial charge in [-0.05, 0) is 49.6 Å². The highest BCUT2D eigenvalue weighted by molar-refractivity contribution is 7.14. The highest BCUT2D eigenvalue weighted by Crippen LogP contribution is 2.34. The van der Waals surface area contributed by atoms with Crippen LogP contribution in [-0.4, -0.2) is 18.6 Å². The molecule has 2 rings (SSSR count). The van der Waals surface area contributed by atoms with E-state index in [-0.39, 0.29) is 0 Å². The Morgan fingerprint density at radius 1 is 1.53 bits per heavy atom. The van der Waals surface area contributed by atoms with Gasteiger partial charge in [-0.25, -0.2) is 0 Å². The van der Waals surface area contributed by atoms with Gasteiger partial charge in [0.2, 0.25) is 0 Å². The molecule has 0 radical (unpaired) electrons. The standard InChI is InChI=1S/C13H19N3S/c1-10-5-8-17-12(10)16(2)11-3-6-13(15,9-14)7-4-11/h5,8,11H,3-4,6-7,15H2,1-2H3. The third kappa shape index (κ3) is 2.46. The molecular weight excluding hydrogens is 230 g/mol. The van der Waals surface area contributed by atoms with Gasteiger partial charge in [-0.15, -0.1) is 11.3 Å². The lowest BCUT2D eigenvalue weighted by Gasteiger charge is -2.37. The van der Waals surface area contributed by atoms with Crippen molar-refractivity contribution >= 4 is 16.3 Å². The molecule has 0 spiro atoms. The molecule has 3 nitrogen and oxygen atoms in total. The molecular formula is C13H19N3S. The Morgan fingerprint density at radius 2 is 2.18 bits per heavy atom. The SMILES string of the molecule is Cc1ccsc1N(C)C1CCC(N)(C#N)CC1. The van der Waals surface area contributed by atoms with Crippen LogP contribution in [0.15, 0.2) is 11.4 Å². The molecule has 0 amide bonds. The highest BCUT2D eigenvalue weighted by atomic mass is 32.1. The van der Waals surface area contributed by atoms with E-state index >= 15 is 0 Å². The lowest BCUT2D eigenvalue weighted by molar-refractivity contribution is 0.328. The van der Waals surface area contributed by atoms with Crippen molar-refractivity contribution < 1.29 is 0 Å². The van der Waals surface area contributed by atoms with Crippen molar-refractivity contribution in [2.75, 3.05) is 11.9 Å². The number of anilines is 1. The predicted octanol–water partition coefficient (Wildman–Crippen LogP) is 2.66. The van der Waals surface area contributed by atoms with E-state index in [0.717, 1.165) is 25.7 Å². The summed E-state index contributed by atoms with van der Waals surface area (Å²) in [5.74, 6) is 0. The Balaban J connectivity index is 2.03. The molecule has 1 aliphatic rings. The van der Waals surface area contributed by atoms with E-state index in [0.29, 0.717) is 6.04 Å². The molecule has 1 saturated carbocycles. The Labute approximate surface area is 107 Å². The zero-order chi connectivity index (χ0) is 12.5. The van der Waals surface area contributed by atoms with Gasteiger partial charge in [-0.1, -0.05) is 0 Å². The minimum Gasteiger partial charge on any atom is -0.363 e. The van der Waals surface area contributed by atoms with Crippen molar-refractivity contribution in [1.29, 1.82) is 5.26 Å². The van der Waals surface area contributed by atoms with Crippen molar-refractivity contribution in [3.63, 3.8) is 0 Å². The summed E-state index contributed by atoms with van der Waals surface area (Å²) in [6, 6.07) is 4.93. The van der Waals surface area contributed by atoms with Crippen molar-refractivity contribution in [2.24, 2.45) is 5.73 Å². The highest BCUT2D eigenvalue weighted by Gasteiger charge is 2.33. The van der Waals surface area contributed by atoms with Gasteiger partial charge < -0.3 is 10.6 Å². The van der Waals surface area contributed by atoms with E-state index in [9.17, 15) is 0 Å². The molecule has 2 N–H and O–H groups in total. The summed E-state index contributed by atoms with van der Waals surface area (Å²) in [6.45, 7) is 2.15. The minimum atomic E-state index is -0.582. The van der Waals surface area contributed by atoms with Gasteiger partial charge in [0.1, 0.15) is 5.54 Å². The van der Waals surface area contributed by atoms with E-state index in [1.54, 1.807) is 11.3 Å². The van der Waals surface area contributed by atoms with Crippen molar-refractivity contribution in [3.8, 4) is 6.07 Å². The van der Waals surface area contributed by atoms with Gasteiger partial charge in [0, 0.05) is 13.1 Å². The van der Waals surface area contributed by atoms with Gasteiger partial charge in [0.05, 0.1) is 11.1 Å². The second-order valence-corrected chi connectivity index (χ2v) is 5.91. The summed E-state index contributed by atoms with van der Waals surface area (Å²) in [4.78, 5) is 2.36. The van der Waals surface area contributed by atoms with E-state index in [2.05, 4.69) is 36.4 Å². The quantitative estimate of drug-likeness (QED) is 0.876. The van der Waals surface area contributed by atoms with Gasteiger partial charge in [-0.3, -0.25) is 0 Å². The van der Waals surface area contributed by atoms with Gasteiger partial charge >= 0.3 is 0 Å². The van der Waals surface area contributed by atoms with Crippen LogP contribution in [0.4, 0.5) is 5.00 Å². The predicted molar refractivity (Wildman–Crippen MR) is 72.2 cm³/mol. The number of hydrogen-bond donors (Lipinski definition) is 1. The van der Waals surface area contributed by atoms with Crippen LogP contribution in [0.1, 0.15) is 31.2 Å². The van der Waals surface area contributed by atoms with Crippen LogP contribution in [0, 0.1) is 18.3 Å². The van der Waals surface area contributed by atoms with Crippen molar-refractivity contribution in [1.82, 2.24) is 0 Å². The summed E-state index contributed by atoms with van der Waals surface area (Å²) in [5, 5.41) is 12.5. The first-order chi connectivity index (χ1) is 8.06. The summed E-state index contributed by atoms with van der Waals surface area (Å²) in [5.41, 5.74) is 6.75. The number of rotatable bonds is 2. The van der Waals surface area contributed by atoms with Crippen LogP contribution in [0.25, 0.3) is 0 Å². The second kappa shape index (κ2) is 4.67. The summed E-state index contributed by atoms with van der Waals surface area (Å²) in [6.07, 6.45) is 3.64. The molecule has 0 aliphatic heterocycles. The Bertz CT molecular complexity index is 424. The molecule has 1 aromatic rings. The molecule has 4 heteroatoms. The molecule has 1 aromatic heterocycles. The van der Waals surface area contributed by atoms with E-state index in [1.807, 2.05) is 0 Å². The van der Waals surface area contributed by atoms with Crippen molar-refractivity contribution in [2.45, 2.75) is 44.2 Å². The lowest BCUT2D eigenvalue weighted by atomic mass is 9.81. The largest absolute Gasteiger partial charge is 0.363 e. The number of thiophene rings is 1. The average Bonchev–Trinajstić information content (AvgIpc) is 2.76. The molecule has 0 aromatic carbocycles. The number of nitrogens with zero attached hydrogens (tertiary/aromatic N) is 2. The molecule has 0 saturated heterocycles. The number of hydrogen-bond acceptors (Lipinski definition) is 4. The minimum absolute atomic E-state index is 0.525. The van der Waals surface area contributed by atoms with Crippen LogP contribution in [0.2, 0.25) is 0 Å². The number of nitriles is 1. The molecule has 1 aliphatic carbocycles. The fourth-order valence-electron chi connectivity index (χ4n) is 2.51. The summed E-state index contributed by atoms with van der Waals surface area (Å²) >= 11 is 1.79. The maximum atomic E-state index is 9.02. The lowest BCUT2D eigenvalue weighted by Crippen LogP contribution is -2.46. The smallest absolute Gasteiger partial charge is 0.104 e. The van der Waals surface area contributed by atoms with E-state index in [4.69, 9.17) is 11.0 Å². The van der Waals surface area contributed by atoms with E-state index in [1.165, 1.54) is 10.6 Å². The molecule has 92 valence electrons. The first kappa shape index (κ1) is 12.4. The Kier molecular flexibility index (Phi) is 3.41. The maximum absolute atomic E-state index is 9.02. The van der Waals surface area contributed by atoms with Crippen LogP contribution in [0.3, 0.4) is 0 Å². The Hall–Kier alpha value is -1.05. The zero-order valence-electron chi connectivity index (χ0n) is 10.4. The first-order valence-corrected chi connectivity index (χ1v) is 6.91. The Morgan fingerprint density at radius 3 is 2.65 bits per heavy atom. The molecule has 1 heterocycles.